The van der Waals surface area contributed by atoms with Gasteiger partial charge in [0.2, 0.25) is 0 Å². The summed E-state index contributed by atoms with van der Waals surface area (Å²) in [5.74, 6) is 1.04. The fourth-order valence-corrected chi connectivity index (χ4v) is 5.34. The molecule has 2 aliphatic carbocycles. The van der Waals surface area contributed by atoms with Crippen molar-refractivity contribution < 1.29 is 18.7 Å². The third kappa shape index (κ3) is 4.33. The van der Waals surface area contributed by atoms with Crippen molar-refractivity contribution in [3.05, 3.63) is 29.1 Å². The number of ether oxygens (including phenoxy) is 1. The monoisotopic (exact) mass is 375 g/mol. The molecule has 0 spiro atoms. The number of ketones is 1. The molecule has 2 saturated carbocycles. The van der Waals surface area contributed by atoms with Crippen LogP contribution in [0.25, 0.3) is 0 Å². The van der Waals surface area contributed by atoms with Crippen molar-refractivity contribution in [2.24, 2.45) is 23.2 Å². The molecule has 0 aromatic heterocycles. The van der Waals surface area contributed by atoms with Crippen LogP contribution in [0, 0.1) is 29.0 Å². The van der Waals surface area contributed by atoms with Gasteiger partial charge in [0, 0.05) is 18.5 Å². The van der Waals surface area contributed by atoms with Gasteiger partial charge in [0.1, 0.15) is 11.6 Å². The molecule has 2 unspecified atom stereocenters. The largest absolute Gasteiger partial charge is 0.492 e. The Labute approximate surface area is 160 Å². The number of halogens is 1. The summed E-state index contributed by atoms with van der Waals surface area (Å²) in [6.45, 7) is 6.45. The summed E-state index contributed by atoms with van der Waals surface area (Å²) in [6, 6.07) is 2.47. The summed E-state index contributed by atoms with van der Waals surface area (Å²) in [4.78, 5) is 23.8. The number of nitrogens with one attached hydrogen (secondary N) is 1. The quantitative estimate of drug-likeness (QED) is 0.764. The fraction of sp³-hybridized carbons (Fsp3) is 0.636. The predicted molar refractivity (Wildman–Crippen MR) is 103 cm³/mol. The summed E-state index contributed by atoms with van der Waals surface area (Å²) in [7, 11) is 1.43. The first-order valence-corrected chi connectivity index (χ1v) is 9.90. The Morgan fingerprint density at radius 1 is 1.19 bits per heavy atom. The average molecular weight is 375 g/mol. The van der Waals surface area contributed by atoms with E-state index in [1.807, 2.05) is 0 Å². The van der Waals surface area contributed by atoms with E-state index in [9.17, 15) is 14.0 Å². The Bertz CT molecular complexity index is 727. The van der Waals surface area contributed by atoms with E-state index in [0.29, 0.717) is 6.61 Å². The highest BCUT2D eigenvalue weighted by molar-refractivity contribution is 6.01. The van der Waals surface area contributed by atoms with Crippen LogP contribution in [0.3, 0.4) is 0 Å². The highest BCUT2D eigenvalue weighted by Gasteiger charge is 2.41. The first-order valence-electron chi connectivity index (χ1n) is 9.90. The van der Waals surface area contributed by atoms with Crippen LogP contribution in [0.15, 0.2) is 12.1 Å². The van der Waals surface area contributed by atoms with Gasteiger partial charge in [0.25, 0.3) is 5.91 Å². The van der Waals surface area contributed by atoms with Crippen LogP contribution in [-0.4, -0.2) is 25.3 Å². The molecule has 2 bridgehead atoms. The molecule has 148 valence electrons. The Morgan fingerprint density at radius 2 is 1.81 bits per heavy atom. The number of rotatable bonds is 5. The van der Waals surface area contributed by atoms with Gasteiger partial charge in [-0.15, -0.1) is 0 Å². The second-order valence-corrected chi connectivity index (χ2v) is 9.02. The van der Waals surface area contributed by atoms with E-state index in [4.69, 9.17) is 4.74 Å². The van der Waals surface area contributed by atoms with Gasteiger partial charge in [-0.05, 0) is 62.8 Å². The van der Waals surface area contributed by atoms with Gasteiger partial charge in [-0.25, -0.2) is 4.39 Å². The van der Waals surface area contributed by atoms with E-state index in [0.717, 1.165) is 30.6 Å². The van der Waals surface area contributed by atoms with E-state index < -0.39 is 11.7 Å². The molecule has 5 heteroatoms. The number of hydrogen-bond acceptors (Lipinski definition) is 3. The highest BCUT2D eigenvalue weighted by atomic mass is 19.1. The lowest BCUT2D eigenvalue weighted by molar-refractivity contribution is 0.0143. The van der Waals surface area contributed by atoms with Crippen LogP contribution >= 0.6 is 0 Å². The van der Waals surface area contributed by atoms with Gasteiger partial charge in [-0.2, -0.15) is 0 Å². The highest BCUT2D eigenvalue weighted by Crippen LogP contribution is 2.50. The summed E-state index contributed by atoms with van der Waals surface area (Å²) in [6.07, 6.45) is 6.10. The van der Waals surface area contributed by atoms with Gasteiger partial charge < -0.3 is 10.1 Å². The molecule has 0 heterocycles. The Morgan fingerprint density at radius 3 is 2.37 bits per heavy atom. The van der Waals surface area contributed by atoms with Crippen molar-refractivity contribution in [1.29, 1.82) is 0 Å². The SMILES string of the molecule is CNC(=O)c1cc(C(C)=O)c(OCC2(C)CC3CC(C)CC(C3)C2)cc1F. The molecule has 2 fully saturated rings. The molecular formula is C22H30FNO3. The van der Waals surface area contributed by atoms with Crippen molar-refractivity contribution in [2.75, 3.05) is 13.7 Å². The van der Waals surface area contributed by atoms with Crippen LogP contribution in [-0.2, 0) is 0 Å². The smallest absolute Gasteiger partial charge is 0.254 e. The van der Waals surface area contributed by atoms with Gasteiger partial charge >= 0.3 is 0 Å². The number of carbonyl (C=O) groups is 2. The van der Waals surface area contributed by atoms with Crippen LogP contribution in [0.1, 0.15) is 73.6 Å². The van der Waals surface area contributed by atoms with Crippen molar-refractivity contribution in [1.82, 2.24) is 5.32 Å². The zero-order valence-corrected chi connectivity index (χ0v) is 16.7. The van der Waals surface area contributed by atoms with Gasteiger partial charge in [-0.1, -0.05) is 13.8 Å². The maximum atomic E-state index is 14.4. The van der Waals surface area contributed by atoms with Crippen LogP contribution in [0.2, 0.25) is 0 Å². The van der Waals surface area contributed by atoms with Gasteiger partial charge in [0.15, 0.2) is 5.78 Å². The van der Waals surface area contributed by atoms with Gasteiger partial charge in [-0.3, -0.25) is 9.59 Å². The second kappa shape index (κ2) is 7.61. The molecule has 2 aliphatic rings. The Kier molecular flexibility index (Phi) is 5.59. The number of Topliss-reactive ketones (excluding diaryl/α,β-unsaturated/α-hetero) is 1. The summed E-state index contributed by atoms with van der Waals surface area (Å²) >= 11 is 0. The lowest BCUT2D eigenvalue weighted by Gasteiger charge is -2.47. The van der Waals surface area contributed by atoms with Gasteiger partial charge in [0.05, 0.1) is 17.7 Å². The third-order valence-corrected chi connectivity index (χ3v) is 6.20. The van der Waals surface area contributed by atoms with E-state index in [-0.39, 0.29) is 28.1 Å². The van der Waals surface area contributed by atoms with Crippen LogP contribution < -0.4 is 10.1 Å². The van der Waals surface area contributed by atoms with E-state index in [2.05, 4.69) is 19.2 Å². The van der Waals surface area contributed by atoms with Crippen molar-refractivity contribution in [3.8, 4) is 5.75 Å². The van der Waals surface area contributed by atoms with E-state index in [1.165, 1.54) is 45.4 Å². The number of fused-ring (bicyclic) bond motifs is 2. The number of amides is 1. The normalized spacial score (nSPS) is 29.9. The zero-order chi connectivity index (χ0) is 19.8. The maximum absolute atomic E-state index is 14.4. The summed E-state index contributed by atoms with van der Waals surface area (Å²) in [5, 5.41) is 2.39. The lowest BCUT2D eigenvalue weighted by atomic mass is 9.60. The van der Waals surface area contributed by atoms with Crippen molar-refractivity contribution in [3.63, 3.8) is 0 Å². The molecule has 2 atom stereocenters. The fourth-order valence-electron chi connectivity index (χ4n) is 5.34. The maximum Gasteiger partial charge on any atom is 0.254 e. The summed E-state index contributed by atoms with van der Waals surface area (Å²) < 4.78 is 20.4. The first kappa shape index (κ1) is 19.8. The third-order valence-electron chi connectivity index (χ3n) is 6.20. The minimum atomic E-state index is -0.672. The van der Waals surface area contributed by atoms with Crippen molar-refractivity contribution in [2.45, 2.75) is 52.9 Å². The minimum absolute atomic E-state index is 0.0394. The molecule has 27 heavy (non-hydrogen) atoms. The van der Waals surface area contributed by atoms with Crippen LogP contribution in [0.5, 0.6) is 5.75 Å². The lowest BCUT2D eigenvalue weighted by Crippen LogP contribution is -2.39. The molecule has 4 nitrogen and oxygen atoms in total. The number of carbonyl (C=O) groups excluding carboxylic acids is 2. The Balaban J connectivity index is 1.78. The molecule has 1 N–H and O–H groups in total. The Hall–Kier alpha value is -1.91. The number of benzene rings is 1. The number of hydrogen-bond donors (Lipinski definition) is 1. The molecule has 0 aliphatic heterocycles. The van der Waals surface area contributed by atoms with E-state index in [1.54, 1.807) is 0 Å². The predicted octanol–water partition coefficient (Wildman–Crippen LogP) is 4.62. The average Bonchev–Trinajstić information content (AvgIpc) is 2.57. The molecule has 3 rings (SSSR count). The van der Waals surface area contributed by atoms with E-state index >= 15 is 0 Å². The topological polar surface area (TPSA) is 55.4 Å². The standard InChI is InChI=1S/C22H30FNO3/c1-13-5-15-7-16(6-13)11-22(3,10-15)12-27-20-9-19(23)18(21(26)24-4)8-17(20)14(2)25/h8-9,13,15-16H,5-7,10-12H2,1-4H3,(H,24,26). The molecule has 0 radical (unpaired) electrons. The molecule has 1 aromatic carbocycles. The summed E-state index contributed by atoms with van der Waals surface area (Å²) in [5.41, 5.74) is 0.156. The molecular weight excluding hydrogens is 345 g/mol. The molecule has 1 aromatic rings. The molecule has 0 saturated heterocycles. The first-order chi connectivity index (χ1) is 12.7. The van der Waals surface area contributed by atoms with Crippen LogP contribution in [0.4, 0.5) is 4.39 Å². The minimum Gasteiger partial charge on any atom is -0.492 e. The zero-order valence-electron chi connectivity index (χ0n) is 16.7. The van der Waals surface area contributed by atoms with Crippen molar-refractivity contribution >= 4 is 11.7 Å². The second-order valence-electron chi connectivity index (χ2n) is 9.02. The molecule has 1 amide bonds.